The highest BCUT2D eigenvalue weighted by Crippen LogP contribution is 2.16. The van der Waals surface area contributed by atoms with Crippen LogP contribution >= 0.6 is 0 Å². The van der Waals surface area contributed by atoms with E-state index in [4.69, 9.17) is 5.11 Å². The Bertz CT molecular complexity index is 736. The SMILES string of the molecule is O=C(O)c1cccc(-c2nnc3ccccn23)n1. The van der Waals surface area contributed by atoms with E-state index in [0.29, 0.717) is 17.2 Å². The molecule has 0 atom stereocenters. The molecule has 6 nitrogen and oxygen atoms in total. The number of hydrogen-bond acceptors (Lipinski definition) is 4. The fraction of sp³-hybridized carbons (Fsp3) is 0. The lowest BCUT2D eigenvalue weighted by Gasteiger charge is -2.00. The molecule has 6 heteroatoms. The van der Waals surface area contributed by atoms with Gasteiger partial charge in [0.05, 0.1) is 0 Å². The van der Waals surface area contributed by atoms with Crippen molar-refractivity contribution in [3.63, 3.8) is 0 Å². The summed E-state index contributed by atoms with van der Waals surface area (Å²) >= 11 is 0. The number of fused-ring (bicyclic) bond motifs is 1. The van der Waals surface area contributed by atoms with E-state index in [1.54, 1.807) is 22.7 Å². The second-order valence-electron chi connectivity index (χ2n) is 3.67. The smallest absolute Gasteiger partial charge is 0.354 e. The molecule has 3 aromatic heterocycles. The Labute approximate surface area is 102 Å². The minimum absolute atomic E-state index is 0.0137. The number of carboxylic acids is 1. The van der Waals surface area contributed by atoms with Gasteiger partial charge in [-0.2, -0.15) is 0 Å². The molecule has 0 aliphatic heterocycles. The van der Waals surface area contributed by atoms with Crippen LogP contribution in [0.4, 0.5) is 0 Å². The summed E-state index contributed by atoms with van der Waals surface area (Å²) in [7, 11) is 0. The van der Waals surface area contributed by atoms with Crippen LogP contribution in [0.25, 0.3) is 17.2 Å². The van der Waals surface area contributed by atoms with Crippen LogP contribution in [0.2, 0.25) is 0 Å². The van der Waals surface area contributed by atoms with E-state index < -0.39 is 5.97 Å². The predicted octanol–water partition coefficient (Wildman–Crippen LogP) is 1.49. The average Bonchev–Trinajstić information content (AvgIpc) is 2.82. The summed E-state index contributed by atoms with van der Waals surface area (Å²) in [4.78, 5) is 14.9. The molecule has 3 rings (SSSR count). The molecule has 0 amide bonds. The van der Waals surface area contributed by atoms with Crippen molar-refractivity contribution in [2.24, 2.45) is 0 Å². The summed E-state index contributed by atoms with van der Waals surface area (Å²) in [5, 5.41) is 16.9. The van der Waals surface area contributed by atoms with E-state index in [1.165, 1.54) is 6.07 Å². The van der Waals surface area contributed by atoms with Crippen molar-refractivity contribution in [2.45, 2.75) is 0 Å². The number of aromatic carboxylic acids is 1. The third kappa shape index (κ3) is 1.60. The average molecular weight is 240 g/mol. The molecule has 0 radical (unpaired) electrons. The van der Waals surface area contributed by atoms with Gasteiger partial charge in [-0.3, -0.25) is 4.40 Å². The van der Waals surface area contributed by atoms with Gasteiger partial charge in [0.1, 0.15) is 11.4 Å². The molecule has 18 heavy (non-hydrogen) atoms. The van der Waals surface area contributed by atoms with Gasteiger partial charge in [0.15, 0.2) is 11.5 Å². The Kier molecular flexibility index (Phi) is 2.26. The molecule has 88 valence electrons. The zero-order valence-corrected chi connectivity index (χ0v) is 9.19. The third-order valence-corrected chi connectivity index (χ3v) is 2.51. The van der Waals surface area contributed by atoms with Crippen molar-refractivity contribution in [1.82, 2.24) is 19.6 Å². The van der Waals surface area contributed by atoms with E-state index >= 15 is 0 Å². The summed E-state index contributed by atoms with van der Waals surface area (Å²) in [6.45, 7) is 0. The van der Waals surface area contributed by atoms with E-state index in [9.17, 15) is 4.79 Å². The van der Waals surface area contributed by atoms with Gasteiger partial charge in [-0.05, 0) is 24.3 Å². The first-order valence-electron chi connectivity index (χ1n) is 5.26. The molecule has 3 aromatic rings. The molecule has 0 aliphatic rings. The number of carboxylic acid groups (broad SMARTS) is 1. The molecule has 0 aliphatic carbocycles. The molecule has 0 aromatic carbocycles. The van der Waals surface area contributed by atoms with Crippen LogP contribution in [0.15, 0.2) is 42.6 Å². The highest BCUT2D eigenvalue weighted by Gasteiger charge is 2.11. The molecule has 3 heterocycles. The monoisotopic (exact) mass is 240 g/mol. The van der Waals surface area contributed by atoms with E-state index in [2.05, 4.69) is 15.2 Å². The lowest BCUT2D eigenvalue weighted by molar-refractivity contribution is 0.0690. The van der Waals surface area contributed by atoms with Crippen molar-refractivity contribution in [3.8, 4) is 11.5 Å². The van der Waals surface area contributed by atoms with E-state index in [-0.39, 0.29) is 5.69 Å². The minimum Gasteiger partial charge on any atom is -0.477 e. The van der Waals surface area contributed by atoms with Gasteiger partial charge >= 0.3 is 5.97 Å². The number of rotatable bonds is 2. The lowest BCUT2D eigenvalue weighted by atomic mass is 10.3. The molecule has 0 bridgehead atoms. The largest absolute Gasteiger partial charge is 0.477 e. The number of carbonyl (C=O) groups is 1. The fourth-order valence-electron chi connectivity index (χ4n) is 1.69. The summed E-state index contributed by atoms with van der Waals surface area (Å²) in [6, 6.07) is 10.3. The predicted molar refractivity (Wildman–Crippen MR) is 63.2 cm³/mol. The second-order valence-corrected chi connectivity index (χ2v) is 3.67. The molecule has 0 saturated heterocycles. The van der Waals surface area contributed by atoms with Gasteiger partial charge in [0.2, 0.25) is 0 Å². The van der Waals surface area contributed by atoms with Crippen molar-refractivity contribution >= 4 is 11.6 Å². The van der Waals surface area contributed by atoms with Crippen LogP contribution in [0, 0.1) is 0 Å². The maximum atomic E-state index is 10.9. The molecular formula is C12H8N4O2. The van der Waals surface area contributed by atoms with Crippen LogP contribution in [0.5, 0.6) is 0 Å². The molecule has 1 N–H and O–H groups in total. The normalized spacial score (nSPS) is 10.7. The Hall–Kier alpha value is -2.76. The van der Waals surface area contributed by atoms with Gasteiger partial charge in [0.25, 0.3) is 0 Å². The summed E-state index contributed by atoms with van der Waals surface area (Å²) in [5.41, 5.74) is 1.16. The van der Waals surface area contributed by atoms with Crippen LogP contribution in [-0.2, 0) is 0 Å². The number of pyridine rings is 2. The number of nitrogens with zero attached hydrogens (tertiary/aromatic N) is 4. The summed E-state index contributed by atoms with van der Waals surface area (Å²) in [5.74, 6) is -0.542. The molecule has 0 spiro atoms. The molecule has 0 unspecified atom stereocenters. The van der Waals surface area contributed by atoms with Crippen molar-refractivity contribution in [2.75, 3.05) is 0 Å². The Balaban J connectivity index is 2.20. The van der Waals surface area contributed by atoms with Crippen molar-refractivity contribution < 1.29 is 9.90 Å². The van der Waals surface area contributed by atoms with Gasteiger partial charge in [-0.15, -0.1) is 10.2 Å². The second kappa shape index (κ2) is 3.92. The number of hydrogen-bond donors (Lipinski definition) is 1. The van der Waals surface area contributed by atoms with Crippen LogP contribution in [0.1, 0.15) is 10.5 Å². The first kappa shape index (κ1) is 10.4. The minimum atomic E-state index is -1.06. The standard InChI is InChI=1S/C12H8N4O2/c17-12(18)9-5-3-4-8(13-9)11-15-14-10-6-1-2-7-16(10)11/h1-7H,(H,17,18). The fourth-order valence-corrected chi connectivity index (χ4v) is 1.69. The van der Waals surface area contributed by atoms with E-state index in [0.717, 1.165) is 0 Å². The first-order valence-corrected chi connectivity index (χ1v) is 5.26. The lowest BCUT2D eigenvalue weighted by Crippen LogP contribution is -2.01. The van der Waals surface area contributed by atoms with Crippen LogP contribution in [-0.4, -0.2) is 30.7 Å². The maximum Gasteiger partial charge on any atom is 0.354 e. The zero-order valence-electron chi connectivity index (χ0n) is 9.19. The third-order valence-electron chi connectivity index (χ3n) is 2.51. The van der Waals surface area contributed by atoms with Crippen LogP contribution in [0.3, 0.4) is 0 Å². The van der Waals surface area contributed by atoms with Gasteiger partial charge < -0.3 is 5.11 Å². The van der Waals surface area contributed by atoms with Gasteiger partial charge in [-0.25, -0.2) is 9.78 Å². The van der Waals surface area contributed by atoms with Crippen molar-refractivity contribution in [1.29, 1.82) is 0 Å². The Morgan fingerprint density at radius 2 is 2.00 bits per heavy atom. The molecular weight excluding hydrogens is 232 g/mol. The quantitative estimate of drug-likeness (QED) is 0.734. The highest BCUT2D eigenvalue weighted by atomic mass is 16.4. The van der Waals surface area contributed by atoms with Gasteiger partial charge in [-0.1, -0.05) is 12.1 Å². The summed E-state index contributed by atoms with van der Waals surface area (Å²) < 4.78 is 1.76. The zero-order chi connectivity index (χ0) is 12.5. The number of aromatic nitrogens is 4. The van der Waals surface area contributed by atoms with Crippen LogP contribution < -0.4 is 0 Å². The Morgan fingerprint density at radius 3 is 2.83 bits per heavy atom. The molecule has 0 saturated carbocycles. The van der Waals surface area contributed by atoms with Gasteiger partial charge in [0, 0.05) is 6.20 Å². The molecule has 0 fully saturated rings. The Morgan fingerprint density at radius 1 is 1.11 bits per heavy atom. The topological polar surface area (TPSA) is 80.4 Å². The maximum absolute atomic E-state index is 10.9. The van der Waals surface area contributed by atoms with E-state index in [1.807, 2.05) is 18.2 Å². The highest BCUT2D eigenvalue weighted by molar-refractivity contribution is 5.85. The van der Waals surface area contributed by atoms with Crippen molar-refractivity contribution in [3.05, 3.63) is 48.3 Å². The summed E-state index contributed by atoms with van der Waals surface area (Å²) in [6.07, 6.45) is 1.81. The first-order chi connectivity index (χ1) is 8.75.